The molecular weight excluding hydrogens is 342 g/mol. The van der Waals surface area contributed by atoms with Crippen LogP contribution < -0.4 is 10.9 Å². The average molecular weight is 361 g/mol. The van der Waals surface area contributed by atoms with Gasteiger partial charge in [-0.05, 0) is 31.4 Å². The number of amides is 1. The van der Waals surface area contributed by atoms with E-state index in [0.29, 0.717) is 41.1 Å². The lowest BCUT2D eigenvalue weighted by molar-refractivity contribution is -0.151. The van der Waals surface area contributed by atoms with Gasteiger partial charge in [-0.2, -0.15) is 11.8 Å². The predicted octanol–water partition coefficient (Wildman–Crippen LogP) is 1.67. The third kappa shape index (κ3) is 3.84. The molecule has 0 saturated heterocycles. The van der Waals surface area contributed by atoms with Crippen molar-refractivity contribution in [2.24, 2.45) is 0 Å². The number of fused-ring (bicyclic) bond motifs is 1. The highest BCUT2D eigenvalue weighted by Crippen LogP contribution is 2.32. The molecule has 0 aliphatic heterocycles. The zero-order chi connectivity index (χ0) is 17.9. The number of nitrogens with zero attached hydrogens (tertiary/aromatic N) is 1. The second kappa shape index (κ2) is 7.26. The molecule has 0 radical (unpaired) electrons. The quantitative estimate of drug-likeness (QED) is 0.647. The van der Waals surface area contributed by atoms with Crippen molar-refractivity contribution in [2.45, 2.75) is 37.0 Å². The van der Waals surface area contributed by atoms with E-state index in [1.165, 1.54) is 11.8 Å². The Bertz CT molecular complexity index is 860. The number of thioether (sulfide) groups is 1. The number of rotatable bonds is 7. The van der Waals surface area contributed by atoms with Crippen LogP contribution in [0.25, 0.3) is 10.9 Å². The van der Waals surface area contributed by atoms with Crippen LogP contribution in [0.2, 0.25) is 0 Å². The maximum Gasteiger partial charge on any atom is 0.329 e. The van der Waals surface area contributed by atoms with E-state index in [0.717, 1.165) is 6.42 Å². The molecule has 132 valence electrons. The first-order chi connectivity index (χ1) is 12.0. The van der Waals surface area contributed by atoms with Gasteiger partial charge in [-0.3, -0.25) is 9.59 Å². The van der Waals surface area contributed by atoms with Crippen molar-refractivity contribution in [1.82, 2.24) is 15.3 Å². The number of hydrogen-bond acceptors (Lipinski definition) is 5. The lowest BCUT2D eigenvalue weighted by Crippen LogP contribution is -2.59. The van der Waals surface area contributed by atoms with Gasteiger partial charge in [0.1, 0.15) is 11.4 Å². The largest absolute Gasteiger partial charge is 0.480 e. The van der Waals surface area contributed by atoms with Crippen LogP contribution in [0.3, 0.4) is 0 Å². The molecule has 0 spiro atoms. The number of aromatic nitrogens is 2. The van der Waals surface area contributed by atoms with Gasteiger partial charge in [0.05, 0.1) is 16.7 Å². The highest BCUT2D eigenvalue weighted by Gasteiger charge is 2.45. The molecule has 1 aromatic heterocycles. The molecule has 1 aliphatic carbocycles. The van der Waals surface area contributed by atoms with Gasteiger partial charge < -0.3 is 15.4 Å². The molecule has 1 fully saturated rings. The van der Waals surface area contributed by atoms with E-state index in [4.69, 9.17) is 0 Å². The van der Waals surface area contributed by atoms with Gasteiger partial charge in [-0.1, -0.05) is 12.1 Å². The zero-order valence-corrected chi connectivity index (χ0v) is 14.4. The van der Waals surface area contributed by atoms with Crippen molar-refractivity contribution < 1.29 is 14.7 Å². The summed E-state index contributed by atoms with van der Waals surface area (Å²) in [5, 5.41) is 12.4. The van der Waals surface area contributed by atoms with Crippen molar-refractivity contribution in [3.63, 3.8) is 0 Å². The summed E-state index contributed by atoms with van der Waals surface area (Å²) in [4.78, 5) is 42.3. The fourth-order valence-electron chi connectivity index (χ4n) is 2.79. The number of aliphatic carboxylic acids is 1. The Hall–Kier alpha value is -2.35. The molecule has 0 unspecified atom stereocenters. The molecule has 1 amide bonds. The minimum Gasteiger partial charge on any atom is -0.480 e. The average Bonchev–Trinajstić information content (AvgIpc) is 2.55. The van der Waals surface area contributed by atoms with E-state index in [1.54, 1.807) is 18.2 Å². The molecule has 3 rings (SSSR count). The maximum atomic E-state index is 12.0. The van der Waals surface area contributed by atoms with E-state index in [1.807, 2.05) is 6.07 Å². The molecule has 3 N–H and O–H groups in total. The zero-order valence-electron chi connectivity index (χ0n) is 13.6. The summed E-state index contributed by atoms with van der Waals surface area (Å²) >= 11 is 1.47. The molecule has 1 aromatic carbocycles. The molecule has 25 heavy (non-hydrogen) atoms. The fourth-order valence-corrected chi connectivity index (χ4v) is 3.59. The Kier molecular flexibility index (Phi) is 5.08. The maximum absolute atomic E-state index is 12.0. The SMILES string of the molecule is O=C(CCSCc1nc2ccccc2c(=O)[nH]1)NC1(C(=O)O)CCC1. The standard InChI is InChI=1S/C17H19N3O4S/c21-14(20-17(16(23)24)7-3-8-17)6-9-25-10-13-18-12-5-2-1-4-11(12)15(22)19-13/h1-2,4-5H,3,6-10H2,(H,20,21)(H,23,24)(H,18,19,22). The van der Waals surface area contributed by atoms with Crippen molar-refractivity contribution in [3.05, 3.63) is 40.4 Å². The van der Waals surface area contributed by atoms with E-state index in [9.17, 15) is 19.5 Å². The van der Waals surface area contributed by atoms with Crippen LogP contribution in [0.1, 0.15) is 31.5 Å². The Morgan fingerprint density at radius 3 is 2.76 bits per heavy atom. The summed E-state index contributed by atoms with van der Waals surface area (Å²) in [6.45, 7) is 0. The Balaban J connectivity index is 1.49. The first-order valence-electron chi connectivity index (χ1n) is 8.10. The molecule has 8 heteroatoms. The van der Waals surface area contributed by atoms with E-state index < -0.39 is 11.5 Å². The second-order valence-electron chi connectivity index (χ2n) is 6.12. The van der Waals surface area contributed by atoms with E-state index in [-0.39, 0.29) is 17.9 Å². The van der Waals surface area contributed by atoms with Crippen LogP contribution in [0, 0.1) is 0 Å². The number of carbonyl (C=O) groups excluding carboxylic acids is 1. The number of para-hydroxylation sites is 1. The third-order valence-electron chi connectivity index (χ3n) is 4.37. The number of nitrogens with one attached hydrogen (secondary N) is 2. The number of benzene rings is 1. The lowest BCUT2D eigenvalue weighted by atomic mass is 9.76. The molecule has 1 aliphatic rings. The van der Waals surface area contributed by atoms with Gasteiger partial charge in [0.15, 0.2) is 0 Å². The fraction of sp³-hybridized carbons (Fsp3) is 0.412. The highest BCUT2D eigenvalue weighted by molar-refractivity contribution is 7.98. The Morgan fingerprint density at radius 2 is 2.08 bits per heavy atom. The van der Waals surface area contributed by atoms with Crippen molar-refractivity contribution >= 4 is 34.5 Å². The number of hydrogen-bond donors (Lipinski definition) is 3. The molecule has 2 aromatic rings. The van der Waals surface area contributed by atoms with Crippen LogP contribution in [0.15, 0.2) is 29.1 Å². The molecule has 1 saturated carbocycles. The molecule has 1 heterocycles. The second-order valence-corrected chi connectivity index (χ2v) is 7.23. The van der Waals surface area contributed by atoms with Crippen LogP contribution in [0.4, 0.5) is 0 Å². The normalized spacial score (nSPS) is 15.5. The first-order valence-corrected chi connectivity index (χ1v) is 9.26. The summed E-state index contributed by atoms with van der Waals surface area (Å²) in [6.07, 6.45) is 2.03. The van der Waals surface area contributed by atoms with Gasteiger partial charge in [0.2, 0.25) is 5.91 Å². The molecular formula is C17H19N3O4S. The predicted molar refractivity (Wildman–Crippen MR) is 95.5 cm³/mol. The summed E-state index contributed by atoms with van der Waals surface area (Å²) in [5.74, 6) is 0.359. The van der Waals surface area contributed by atoms with Crippen molar-refractivity contribution in [1.29, 1.82) is 0 Å². The number of carboxylic acids is 1. The Labute approximate surface area is 148 Å². The smallest absolute Gasteiger partial charge is 0.329 e. The van der Waals surface area contributed by atoms with Crippen LogP contribution in [0.5, 0.6) is 0 Å². The summed E-state index contributed by atoms with van der Waals surface area (Å²) in [7, 11) is 0. The van der Waals surface area contributed by atoms with E-state index in [2.05, 4.69) is 15.3 Å². The van der Waals surface area contributed by atoms with E-state index >= 15 is 0 Å². The minimum absolute atomic E-state index is 0.174. The number of carbonyl (C=O) groups is 2. The summed E-state index contributed by atoms with van der Waals surface area (Å²) < 4.78 is 0. The Morgan fingerprint density at radius 1 is 1.32 bits per heavy atom. The van der Waals surface area contributed by atoms with Crippen molar-refractivity contribution in [3.8, 4) is 0 Å². The monoisotopic (exact) mass is 361 g/mol. The first kappa shape index (κ1) is 17.5. The van der Waals surface area contributed by atoms with Gasteiger partial charge in [-0.25, -0.2) is 9.78 Å². The van der Waals surface area contributed by atoms with Crippen LogP contribution in [-0.2, 0) is 15.3 Å². The van der Waals surface area contributed by atoms with Crippen molar-refractivity contribution in [2.75, 3.05) is 5.75 Å². The van der Waals surface area contributed by atoms with Gasteiger partial charge >= 0.3 is 5.97 Å². The minimum atomic E-state index is -1.06. The lowest BCUT2D eigenvalue weighted by Gasteiger charge is -2.38. The molecule has 7 nitrogen and oxygen atoms in total. The van der Waals surface area contributed by atoms with Gasteiger partial charge in [0.25, 0.3) is 5.56 Å². The summed E-state index contributed by atoms with van der Waals surface area (Å²) in [6, 6.07) is 7.13. The van der Waals surface area contributed by atoms with Crippen LogP contribution >= 0.6 is 11.8 Å². The number of carboxylic acid groups (broad SMARTS) is 1. The van der Waals surface area contributed by atoms with Crippen LogP contribution in [-0.4, -0.2) is 38.2 Å². The molecule has 0 bridgehead atoms. The highest BCUT2D eigenvalue weighted by atomic mass is 32.2. The number of H-pyrrole nitrogens is 1. The number of aromatic amines is 1. The van der Waals surface area contributed by atoms with Gasteiger partial charge in [0, 0.05) is 12.2 Å². The summed E-state index contributed by atoms with van der Waals surface area (Å²) in [5.41, 5.74) is -0.590. The topological polar surface area (TPSA) is 112 Å². The van der Waals surface area contributed by atoms with Gasteiger partial charge in [-0.15, -0.1) is 0 Å². The third-order valence-corrected chi connectivity index (χ3v) is 5.34. The molecule has 0 atom stereocenters.